The maximum atomic E-state index is 5.31. The van der Waals surface area contributed by atoms with Crippen molar-refractivity contribution in [3.05, 3.63) is 11.8 Å². The third-order valence-corrected chi connectivity index (χ3v) is 1.95. The first kappa shape index (κ1) is 6.79. The van der Waals surface area contributed by atoms with Crippen LogP contribution in [-0.4, -0.2) is 23.3 Å². The molecule has 0 bridgehead atoms. The maximum Gasteiger partial charge on any atom is 0.220 e. The van der Waals surface area contributed by atoms with Crippen LogP contribution >= 0.6 is 0 Å². The van der Waals surface area contributed by atoms with Gasteiger partial charge in [0.15, 0.2) is 0 Å². The molecule has 1 aromatic heterocycles. The fourth-order valence-corrected chi connectivity index (χ4v) is 1.34. The molecule has 1 unspecified atom stereocenters. The Morgan fingerprint density at radius 2 is 2.45 bits per heavy atom. The monoisotopic (exact) mass is 153 g/mol. The predicted molar refractivity (Wildman–Crippen MR) is 39.3 cm³/mol. The van der Waals surface area contributed by atoms with Crippen LogP contribution in [0, 0.1) is 6.92 Å². The normalized spacial score (nSPS) is 24.3. The van der Waals surface area contributed by atoms with E-state index in [-0.39, 0.29) is 0 Å². The number of nitrogens with one attached hydrogen (secondary N) is 1. The molecule has 11 heavy (non-hydrogen) atoms. The molecule has 4 nitrogen and oxygen atoms in total. The first-order valence-electron chi connectivity index (χ1n) is 3.87. The number of hydrogen-bond acceptors (Lipinski definition) is 4. The lowest BCUT2D eigenvalue weighted by Crippen LogP contribution is -2.08. The summed E-state index contributed by atoms with van der Waals surface area (Å²) in [6, 6.07) is 0. The second-order valence-corrected chi connectivity index (χ2v) is 2.85. The molecule has 0 aliphatic carbocycles. The average molecular weight is 153 g/mol. The maximum absolute atomic E-state index is 5.31. The Morgan fingerprint density at radius 1 is 1.55 bits per heavy atom. The zero-order valence-electron chi connectivity index (χ0n) is 6.50. The minimum atomic E-state index is 0.441. The molecular formula is C7H11N3O. The van der Waals surface area contributed by atoms with Crippen LogP contribution in [0.15, 0.2) is 4.42 Å². The van der Waals surface area contributed by atoms with Crippen molar-refractivity contribution in [1.82, 2.24) is 15.5 Å². The molecule has 0 radical (unpaired) electrons. The Balaban J connectivity index is 2.15. The van der Waals surface area contributed by atoms with Crippen LogP contribution in [0.2, 0.25) is 0 Å². The zero-order valence-corrected chi connectivity index (χ0v) is 6.50. The lowest BCUT2D eigenvalue weighted by atomic mass is 10.1. The van der Waals surface area contributed by atoms with Crippen LogP contribution in [0.25, 0.3) is 0 Å². The molecule has 0 saturated carbocycles. The third kappa shape index (κ3) is 1.26. The quantitative estimate of drug-likeness (QED) is 0.636. The minimum Gasteiger partial charge on any atom is -0.425 e. The summed E-state index contributed by atoms with van der Waals surface area (Å²) in [6.45, 7) is 3.85. The Labute approximate surface area is 65.0 Å². The van der Waals surface area contributed by atoms with Crippen LogP contribution in [0.5, 0.6) is 0 Å². The standard InChI is InChI=1S/C7H11N3O/c1-5-9-10-7(11-5)6-2-3-8-4-6/h6,8H,2-4H2,1H3. The van der Waals surface area contributed by atoms with Crippen molar-refractivity contribution < 1.29 is 4.42 Å². The lowest BCUT2D eigenvalue weighted by molar-refractivity contribution is 0.437. The van der Waals surface area contributed by atoms with E-state index in [1.54, 1.807) is 0 Å². The highest BCUT2D eigenvalue weighted by atomic mass is 16.4. The van der Waals surface area contributed by atoms with Gasteiger partial charge in [-0.05, 0) is 13.0 Å². The molecule has 0 amide bonds. The smallest absolute Gasteiger partial charge is 0.220 e. The molecule has 2 heterocycles. The highest BCUT2D eigenvalue weighted by molar-refractivity contribution is 4.95. The van der Waals surface area contributed by atoms with E-state index in [0.717, 1.165) is 25.4 Å². The summed E-state index contributed by atoms with van der Waals surface area (Å²) < 4.78 is 5.31. The minimum absolute atomic E-state index is 0.441. The van der Waals surface area contributed by atoms with Crippen LogP contribution in [0.4, 0.5) is 0 Å². The summed E-state index contributed by atoms with van der Waals surface area (Å²) in [5.41, 5.74) is 0. The third-order valence-electron chi connectivity index (χ3n) is 1.95. The Kier molecular flexibility index (Phi) is 1.62. The molecule has 1 aromatic rings. The van der Waals surface area contributed by atoms with Gasteiger partial charge in [-0.1, -0.05) is 0 Å². The molecule has 2 rings (SSSR count). The van der Waals surface area contributed by atoms with Gasteiger partial charge in [0, 0.05) is 13.5 Å². The van der Waals surface area contributed by atoms with Crippen LogP contribution in [0.3, 0.4) is 0 Å². The zero-order chi connectivity index (χ0) is 7.68. The van der Waals surface area contributed by atoms with E-state index in [9.17, 15) is 0 Å². The first-order chi connectivity index (χ1) is 5.36. The molecule has 1 atom stereocenters. The van der Waals surface area contributed by atoms with Crippen molar-refractivity contribution in [3.8, 4) is 0 Å². The Hall–Kier alpha value is -0.900. The molecule has 1 N–H and O–H groups in total. The number of aromatic nitrogens is 2. The summed E-state index contributed by atoms with van der Waals surface area (Å²) in [7, 11) is 0. The molecule has 0 aromatic carbocycles. The van der Waals surface area contributed by atoms with Gasteiger partial charge in [0.25, 0.3) is 0 Å². The SMILES string of the molecule is Cc1nnc(C2CCNC2)o1. The van der Waals surface area contributed by atoms with Gasteiger partial charge in [0.2, 0.25) is 11.8 Å². The van der Waals surface area contributed by atoms with Gasteiger partial charge < -0.3 is 9.73 Å². The summed E-state index contributed by atoms with van der Waals surface area (Å²) >= 11 is 0. The van der Waals surface area contributed by atoms with Gasteiger partial charge in [-0.15, -0.1) is 10.2 Å². The largest absolute Gasteiger partial charge is 0.425 e. The lowest BCUT2D eigenvalue weighted by Gasteiger charge is -1.98. The molecule has 1 aliphatic rings. The van der Waals surface area contributed by atoms with E-state index in [4.69, 9.17) is 4.42 Å². The fraction of sp³-hybridized carbons (Fsp3) is 0.714. The molecule has 1 fully saturated rings. The first-order valence-corrected chi connectivity index (χ1v) is 3.87. The number of nitrogens with zero attached hydrogens (tertiary/aromatic N) is 2. The highest BCUT2D eigenvalue weighted by Crippen LogP contribution is 2.20. The summed E-state index contributed by atoms with van der Waals surface area (Å²) in [6.07, 6.45) is 1.11. The van der Waals surface area contributed by atoms with E-state index in [1.807, 2.05) is 6.92 Å². The Bertz CT molecular complexity index is 240. The molecule has 60 valence electrons. The van der Waals surface area contributed by atoms with Crippen LogP contribution in [0.1, 0.15) is 24.1 Å². The van der Waals surface area contributed by atoms with E-state index in [0.29, 0.717) is 11.8 Å². The highest BCUT2D eigenvalue weighted by Gasteiger charge is 2.21. The van der Waals surface area contributed by atoms with Crippen LogP contribution in [-0.2, 0) is 0 Å². The van der Waals surface area contributed by atoms with E-state index in [2.05, 4.69) is 15.5 Å². The average Bonchev–Trinajstić information content (AvgIpc) is 2.55. The van der Waals surface area contributed by atoms with Crippen molar-refractivity contribution >= 4 is 0 Å². The molecule has 0 spiro atoms. The van der Waals surface area contributed by atoms with Gasteiger partial charge in [0.1, 0.15) is 0 Å². The second kappa shape index (κ2) is 2.62. The van der Waals surface area contributed by atoms with Crippen molar-refractivity contribution in [2.24, 2.45) is 0 Å². The summed E-state index contributed by atoms with van der Waals surface area (Å²) in [5.74, 6) is 1.88. The summed E-state index contributed by atoms with van der Waals surface area (Å²) in [4.78, 5) is 0. The topological polar surface area (TPSA) is 51.0 Å². The van der Waals surface area contributed by atoms with Crippen molar-refractivity contribution in [3.63, 3.8) is 0 Å². The van der Waals surface area contributed by atoms with Gasteiger partial charge in [-0.25, -0.2) is 0 Å². The number of aryl methyl sites for hydroxylation is 1. The molecule has 4 heteroatoms. The van der Waals surface area contributed by atoms with Gasteiger partial charge in [0.05, 0.1) is 5.92 Å². The van der Waals surface area contributed by atoms with Crippen LogP contribution < -0.4 is 5.32 Å². The van der Waals surface area contributed by atoms with Gasteiger partial charge >= 0.3 is 0 Å². The Morgan fingerprint density at radius 3 is 3.00 bits per heavy atom. The van der Waals surface area contributed by atoms with E-state index in [1.165, 1.54) is 0 Å². The number of hydrogen-bond donors (Lipinski definition) is 1. The van der Waals surface area contributed by atoms with E-state index >= 15 is 0 Å². The molecule has 1 saturated heterocycles. The number of rotatable bonds is 1. The fourth-order valence-electron chi connectivity index (χ4n) is 1.34. The van der Waals surface area contributed by atoms with Crippen molar-refractivity contribution in [2.45, 2.75) is 19.3 Å². The molecule has 1 aliphatic heterocycles. The van der Waals surface area contributed by atoms with E-state index < -0.39 is 0 Å². The predicted octanol–water partition coefficient (Wildman–Crippen LogP) is 0.455. The van der Waals surface area contributed by atoms with Gasteiger partial charge in [-0.3, -0.25) is 0 Å². The summed E-state index contributed by atoms with van der Waals surface area (Å²) in [5, 5.41) is 11.0. The van der Waals surface area contributed by atoms with Gasteiger partial charge in [-0.2, -0.15) is 0 Å². The molecular weight excluding hydrogens is 142 g/mol. The van der Waals surface area contributed by atoms with Crippen molar-refractivity contribution in [1.29, 1.82) is 0 Å². The second-order valence-electron chi connectivity index (χ2n) is 2.85. The van der Waals surface area contributed by atoms with Crippen molar-refractivity contribution in [2.75, 3.05) is 13.1 Å².